The van der Waals surface area contributed by atoms with Gasteiger partial charge in [0.2, 0.25) is 0 Å². The number of aromatic nitrogens is 2. The average molecular weight is 2040 g/mol. The highest BCUT2D eigenvalue weighted by Gasteiger charge is 2.22. The van der Waals surface area contributed by atoms with Gasteiger partial charge in [0.15, 0.2) is 0 Å². The van der Waals surface area contributed by atoms with E-state index in [0.29, 0.717) is 64.9 Å². The lowest BCUT2D eigenvalue weighted by Crippen LogP contribution is -2.43. The van der Waals surface area contributed by atoms with Crippen LogP contribution in [0.2, 0.25) is 0 Å². The highest BCUT2D eigenvalue weighted by Crippen LogP contribution is 2.27. The van der Waals surface area contributed by atoms with Crippen LogP contribution in [0.1, 0.15) is 216 Å². The van der Waals surface area contributed by atoms with Gasteiger partial charge in [-0.05, 0) is 269 Å². The summed E-state index contributed by atoms with van der Waals surface area (Å²) in [7, 11) is 1.78. The Hall–Kier alpha value is -12.9. The van der Waals surface area contributed by atoms with Crippen LogP contribution >= 0.6 is 0 Å². The molecule has 13 aromatic rings. The standard InChI is InChI=1S/C18H23NO2.C15H17NO2.2C12H19NO2.C11H12N2O2.2C11H17NO2.C10H15NO2.C9H13NO2.C8H11NO2/c1-18(2,12-14-6-4-3-5-7-14)19-13-17(21)15-8-10-16(20)11-9-15;17-14-8-6-13(7-9-14)15(18)11-16-10-12-4-2-1-3-5-12;1-12(2,3)13-8-11(15)9-4-6-10(14)7-5-9;1-2-3-8-13-9-12(15)10-4-6-11(14)7-5-10;14-10-3-1-9(2-4-10)11(15)7-13-6-5-12-8-13;1-8(2)12-7-11(14)9-3-5-10(13)6-4-9;1-2-7-12-8-11(14)9-3-5-10(13)6-4-9;1-2-11-7-10(13)8-3-5-9(12)6-4-8;1-10-6-9(12)7-2-4-8(11)5-3-7;9-5-8(11)6-1-3-7(10)4-2-6/h3-11,17,19-21H,12-13H2,1-2H3;1-9,15-18H,10-11H2;4-7,11,13-15H,8H2,1-3H3;4-7,12-15H,2-3,8-9H2,1H3;1-6,8,11,14-15H,7H2;3-6,8,11-14H,7H2,1-2H3;3-6,11-14H,2,7-8H2,1H3;3-6,10-13H,2,7H2,1H3;2-5,9-12H,6H2,1H3;1-4,8,10-11H,5,9H2. The lowest BCUT2D eigenvalue weighted by atomic mass is 9.94. The zero-order chi connectivity index (χ0) is 109. The van der Waals surface area contributed by atoms with Crippen molar-refractivity contribution >= 4 is 0 Å². The van der Waals surface area contributed by atoms with Crippen LogP contribution in [0.25, 0.3) is 0 Å². The molecule has 10 atom stereocenters. The average Bonchev–Trinajstić information content (AvgIpc) is 1.13. The number of β-amino-alcohol motifs (C(OH)–C–C–N with tert-alkyl or cyclic N) is 2. The predicted molar refractivity (Wildman–Crippen MR) is 587 cm³/mol. The molecule has 806 valence electrons. The first-order valence-electron chi connectivity index (χ1n) is 49.8. The van der Waals surface area contributed by atoms with Crippen LogP contribution in [0, 0.1) is 0 Å². The Balaban J connectivity index is 0.000000344. The van der Waals surface area contributed by atoms with Gasteiger partial charge in [-0.25, -0.2) is 4.98 Å². The van der Waals surface area contributed by atoms with Crippen molar-refractivity contribution in [2.45, 2.75) is 186 Å². The number of phenolic OH excluding ortho intramolecular Hbond substituents is 10. The van der Waals surface area contributed by atoms with Crippen molar-refractivity contribution in [2.24, 2.45) is 5.73 Å². The quantitative estimate of drug-likeness (QED) is 0.0158. The van der Waals surface area contributed by atoms with E-state index < -0.39 is 61.0 Å². The van der Waals surface area contributed by atoms with Gasteiger partial charge in [0.1, 0.15) is 57.5 Å². The van der Waals surface area contributed by atoms with E-state index in [1.54, 1.807) is 261 Å². The number of nitrogens with one attached hydrogen (secondary N) is 8. The van der Waals surface area contributed by atoms with Crippen molar-refractivity contribution in [3.63, 3.8) is 0 Å². The van der Waals surface area contributed by atoms with Crippen LogP contribution in [0.4, 0.5) is 0 Å². The first-order chi connectivity index (χ1) is 70.6. The number of unbranched alkanes of at least 4 members (excludes halogenated alkanes) is 1. The van der Waals surface area contributed by atoms with E-state index in [1.807, 2.05) is 69.3 Å². The number of rotatable bonds is 41. The molecule has 0 saturated carbocycles. The van der Waals surface area contributed by atoms with E-state index in [9.17, 15) is 56.2 Å². The van der Waals surface area contributed by atoms with E-state index in [2.05, 4.69) is 108 Å². The van der Waals surface area contributed by atoms with Crippen LogP contribution in [0.5, 0.6) is 57.5 Å². The molecule has 0 aliphatic carbocycles. The Morgan fingerprint density at radius 3 is 0.865 bits per heavy atom. The summed E-state index contributed by atoms with van der Waals surface area (Å²) in [5.41, 5.74) is 15.6. The van der Waals surface area contributed by atoms with Crippen molar-refractivity contribution in [2.75, 3.05) is 85.6 Å². The first-order valence-corrected chi connectivity index (χ1v) is 49.8. The Labute approximate surface area is 873 Å². The van der Waals surface area contributed by atoms with Gasteiger partial charge in [-0.2, -0.15) is 0 Å². The predicted octanol–water partition coefficient (Wildman–Crippen LogP) is 15.1. The Morgan fingerprint density at radius 2 is 0.581 bits per heavy atom. The van der Waals surface area contributed by atoms with Crippen LogP contribution in [-0.2, 0) is 19.5 Å². The minimum atomic E-state index is -0.629. The molecule has 1 aromatic heterocycles. The fraction of sp³-hybridized carbons (Fsp3) is 0.359. The van der Waals surface area contributed by atoms with Gasteiger partial charge < -0.3 is 155 Å². The fourth-order valence-corrected chi connectivity index (χ4v) is 13.4. The van der Waals surface area contributed by atoms with E-state index >= 15 is 0 Å². The third kappa shape index (κ3) is 56.9. The second kappa shape index (κ2) is 72.4. The van der Waals surface area contributed by atoms with Crippen molar-refractivity contribution in [3.05, 3.63) is 389 Å². The minimum absolute atomic E-state index is 0.00208. The van der Waals surface area contributed by atoms with E-state index in [4.69, 9.17) is 51.7 Å². The van der Waals surface area contributed by atoms with Gasteiger partial charge in [0.25, 0.3) is 0 Å². The number of hydrogen-bond acceptors (Lipinski definition) is 30. The number of aromatic hydroxyl groups is 10. The number of benzene rings is 12. The second-order valence-corrected chi connectivity index (χ2v) is 36.9. The normalized spacial score (nSPS) is 12.9. The van der Waals surface area contributed by atoms with Crippen molar-refractivity contribution < 1.29 is 102 Å². The molecule has 0 amide bonds. The lowest BCUT2D eigenvalue weighted by molar-refractivity contribution is 0.156. The van der Waals surface area contributed by atoms with Crippen LogP contribution < -0.4 is 48.3 Å². The van der Waals surface area contributed by atoms with Gasteiger partial charge in [0, 0.05) is 95.0 Å². The highest BCUT2D eigenvalue weighted by atomic mass is 16.3. The zero-order valence-electron chi connectivity index (χ0n) is 87.1. The summed E-state index contributed by atoms with van der Waals surface area (Å²) in [5, 5.41) is 213. The molecule has 0 bridgehead atoms. The van der Waals surface area contributed by atoms with Crippen molar-refractivity contribution in [3.8, 4) is 57.5 Å². The number of imidazole rings is 1. The maximum Gasteiger partial charge on any atom is 0.115 e. The van der Waals surface area contributed by atoms with Gasteiger partial charge in [-0.1, -0.05) is 223 Å². The minimum Gasteiger partial charge on any atom is -0.508 e. The highest BCUT2D eigenvalue weighted by molar-refractivity contribution is 5.36. The molecule has 148 heavy (non-hydrogen) atoms. The van der Waals surface area contributed by atoms with Gasteiger partial charge in [0.05, 0.1) is 73.9 Å². The molecule has 1 heterocycles. The topological polar surface area (TPSA) is 545 Å². The number of phenols is 10. The molecular formula is C117H163N11O20. The third-order valence-electron chi connectivity index (χ3n) is 22.1. The third-order valence-corrected chi connectivity index (χ3v) is 22.1. The maximum atomic E-state index is 10.2. The molecule has 31 nitrogen and oxygen atoms in total. The molecule has 30 N–H and O–H groups in total. The summed E-state index contributed by atoms with van der Waals surface area (Å²) in [4.78, 5) is 3.89. The first kappa shape index (κ1) is 127. The maximum absolute atomic E-state index is 10.2. The SMILES string of the molecule is CC(C)(C)NCC(O)c1ccc(O)cc1.CC(C)(Cc1ccccc1)NCC(O)c1ccc(O)cc1.CC(C)NCC(O)c1ccc(O)cc1.CCCCNCC(O)c1ccc(O)cc1.CCCNCC(O)c1ccc(O)cc1.CCNCC(O)c1ccc(O)cc1.CNCC(O)c1ccc(O)cc1.NCC(O)c1ccc(O)cc1.Oc1ccc(C(O)CNCc2ccccc2)cc1.Oc1ccc(C(O)Cn2ccnc2)cc1. The number of nitrogens with zero attached hydrogens (tertiary/aromatic N) is 2. The Morgan fingerprint density at radius 1 is 0.304 bits per heavy atom. The summed E-state index contributed by atoms with van der Waals surface area (Å²) in [6.45, 7) is 28.9. The molecule has 0 aliphatic rings. The molecule has 0 aliphatic heterocycles. The molecule has 0 saturated heterocycles. The number of hydrogen-bond donors (Lipinski definition) is 29. The molecule has 0 radical (unpaired) electrons. The molecule has 13 rings (SSSR count). The monoisotopic (exact) mass is 2040 g/mol. The number of nitrogens with two attached hydrogens (primary N) is 1. The molecule has 0 spiro atoms. The molecule has 10 unspecified atom stereocenters. The van der Waals surface area contributed by atoms with Crippen molar-refractivity contribution in [1.29, 1.82) is 0 Å². The summed E-state index contributed by atoms with van der Waals surface area (Å²) >= 11 is 0. The lowest BCUT2D eigenvalue weighted by Gasteiger charge is -2.28. The summed E-state index contributed by atoms with van der Waals surface area (Å²) < 4.78 is 1.80. The van der Waals surface area contributed by atoms with Gasteiger partial charge in [-0.15, -0.1) is 0 Å². The van der Waals surface area contributed by atoms with E-state index in [0.717, 1.165) is 107 Å². The summed E-state index contributed by atoms with van der Waals surface area (Å²) in [6.07, 6.45) is 3.95. The number of aliphatic hydroxyl groups excluding tert-OH is 10. The Bertz CT molecular complexity index is 5470. The van der Waals surface area contributed by atoms with Crippen LogP contribution in [-0.4, -0.2) is 214 Å². The number of aliphatic hydroxyl groups is 10. The molecule has 0 fully saturated rings. The van der Waals surface area contributed by atoms with E-state index in [1.165, 1.54) is 23.3 Å². The van der Waals surface area contributed by atoms with Gasteiger partial charge >= 0.3 is 0 Å². The van der Waals surface area contributed by atoms with Crippen LogP contribution in [0.15, 0.2) is 322 Å². The largest absolute Gasteiger partial charge is 0.508 e. The van der Waals surface area contributed by atoms with Gasteiger partial charge in [-0.3, -0.25) is 0 Å². The van der Waals surface area contributed by atoms with Crippen LogP contribution in [0.3, 0.4) is 0 Å². The second-order valence-electron chi connectivity index (χ2n) is 36.9. The fourth-order valence-electron chi connectivity index (χ4n) is 13.4. The molecule has 31 heteroatoms. The molecular weight excluding hydrogens is 1880 g/mol. The van der Waals surface area contributed by atoms with E-state index in [-0.39, 0.29) is 75.1 Å². The summed E-state index contributed by atoms with van der Waals surface area (Å²) in [5.74, 6) is 2.15. The smallest absolute Gasteiger partial charge is 0.115 e. The summed E-state index contributed by atoms with van der Waals surface area (Å²) in [6, 6.07) is 86.5. The molecule has 12 aromatic carbocycles. The van der Waals surface area contributed by atoms with Crippen molar-refractivity contribution in [1.82, 2.24) is 52.1 Å². The zero-order valence-corrected chi connectivity index (χ0v) is 87.1. The number of likely N-dealkylation sites (N-methyl/N-ethyl adjacent to an activating group) is 2. The Kier molecular flexibility index (Phi) is 62.3.